The lowest BCUT2D eigenvalue weighted by Gasteiger charge is -2.04. The van der Waals surface area contributed by atoms with Crippen molar-refractivity contribution in [2.45, 2.75) is 20.3 Å². The van der Waals surface area contributed by atoms with E-state index < -0.39 is 0 Å². The summed E-state index contributed by atoms with van der Waals surface area (Å²) in [6, 6.07) is 0. The zero-order valence-electron chi connectivity index (χ0n) is 6.52. The number of nitrogens with two attached hydrogens (primary N) is 2. The van der Waals surface area contributed by atoms with Gasteiger partial charge in [0.1, 0.15) is 0 Å². The molecule has 1 rings (SSSR count). The summed E-state index contributed by atoms with van der Waals surface area (Å²) in [5.74, 6) is 0.389. The van der Waals surface area contributed by atoms with Crippen LogP contribution >= 0.6 is 0 Å². The Labute approximate surface area is 61.6 Å². The van der Waals surface area contributed by atoms with Gasteiger partial charge in [-0.15, -0.1) is 0 Å². The van der Waals surface area contributed by atoms with Crippen molar-refractivity contribution in [3.05, 3.63) is 23.0 Å². The highest BCUT2D eigenvalue weighted by molar-refractivity contribution is 5.39. The molecule has 0 bridgehead atoms. The van der Waals surface area contributed by atoms with Gasteiger partial charge in [0.25, 0.3) is 0 Å². The van der Waals surface area contributed by atoms with Crippen molar-refractivity contribution in [1.29, 1.82) is 0 Å². The minimum absolute atomic E-state index is 0.389. The summed E-state index contributed by atoms with van der Waals surface area (Å²) < 4.78 is 0. The summed E-state index contributed by atoms with van der Waals surface area (Å²) in [4.78, 5) is 0. The van der Waals surface area contributed by atoms with Crippen LogP contribution in [0.2, 0.25) is 0 Å². The molecule has 56 valence electrons. The second-order valence-corrected chi connectivity index (χ2v) is 2.73. The molecule has 0 aromatic rings. The molecule has 0 heterocycles. The Morgan fingerprint density at radius 2 is 2.10 bits per heavy atom. The van der Waals surface area contributed by atoms with Crippen LogP contribution in [0.15, 0.2) is 23.0 Å². The standard InChI is InChI=1S/C8H14N2/c1-3-6-4-5(2)7(9)8(6)10/h4,6H,3,9-10H2,1-2H3. The Morgan fingerprint density at radius 1 is 1.50 bits per heavy atom. The molecule has 1 atom stereocenters. The van der Waals surface area contributed by atoms with Crippen molar-refractivity contribution in [2.75, 3.05) is 0 Å². The van der Waals surface area contributed by atoms with Crippen molar-refractivity contribution < 1.29 is 0 Å². The normalized spacial score (nSPS) is 25.4. The molecule has 0 fully saturated rings. The Bertz CT molecular complexity index is 201. The van der Waals surface area contributed by atoms with E-state index in [0.29, 0.717) is 5.92 Å². The van der Waals surface area contributed by atoms with E-state index in [1.54, 1.807) is 0 Å². The van der Waals surface area contributed by atoms with E-state index in [1.807, 2.05) is 6.92 Å². The topological polar surface area (TPSA) is 52.0 Å². The number of allylic oxidation sites excluding steroid dienone is 2. The summed E-state index contributed by atoms with van der Waals surface area (Å²) in [5, 5.41) is 0. The monoisotopic (exact) mass is 138 g/mol. The van der Waals surface area contributed by atoms with Gasteiger partial charge in [-0.3, -0.25) is 0 Å². The van der Waals surface area contributed by atoms with Crippen LogP contribution < -0.4 is 11.5 Å². The Hall–Kier alpha value is -0.920. The number of hydrogen-bond donors (Lipinski definition) is 2. The maximum Gasteiger partial charge on any atom is 0.0537 e. The molecule has 0 radical (unpaired) electrons. The van der Waals surface area contributed by atoms with E-state index in [1.165, 1.54) is 0 Å². The molecule has 10 heavy (non-hydrogen) atoms. The lowest BCUT2D eigenvalue weighted by molar-refractivity contribution is 0.725. The molecule has 0 spiro atoms. The molecule has 2 nitrogen and oxygen atoms in total. The fourth-order valence-electron chi connectivity index (χ4n) is 1.25. The first-order valence-electron chi connectivity index (χ1n) is 3.60. The van der Waals surface area contributed by atoms with E-state index in [0.717, 1.165) is 23.4 Å². The van der Waals surface area contributed by atoms with Crippen molar-refractivity contribution in [3.8, 4) is 0 Å². The molecular formula is C8H14N2. The predicted octanol–water partition coefficient (Wildman–Crippen LogP) is 1.10. The van der Waals surface area contributed by atoms with Gasteiger partial charge in [0.05, 0.1) is 5.70 Å². The maximum atomic E-state index is 5.73. The lowest BCUT2D eigenvalue weighted by atomic mass is 10.1. The zero-order valence-corrected chi connectivity index (χ0v) is 6.52. The van der Waals surface area contributed by atoms with Crippen LogP contribution in [-0.4, -0.2) is 0 Å². The quantitative estimate of drug-likeness (QED) is 0.570. The summed E-state index contributed by atoms with van der Waals surface area (Å²) in [5.41, 5.74) is 14.2. The molecular weight excluding hydrogens is 124 g/mol. The molecule has 0 amide bonds. The summed E-state index contributed by atoms with van der Waals surface area (Å²) in [6.45, 7) is 4.11. The molecule has 0 saturated carbocycles. The molecule has 0 aromatic heterocycles. The van der Waals surface area contributed by atoms with Gasteiger partial charge < -0.3 is 11.5 Å². The number of rotatable bonds is 1. The Kier molecular flexibility index (Phi) is 1.70. The third-order valence-electron chi connectivity index (χ3n) is 2.03. The van der Waals surface area contributed by atoms with Crippen molar-refractivity contribution in [2.24, 2.45) is 17.4 Å². The average molecular weight is 138 g/mol. The Balaban J connectivity index is 2.88. The van der Waals surface area contributed by atoms with E-state index >= 15 is 0 Å². The fraction of sp³-hybridized carbons (Fsp3) is 0.500. The van der Waals surface area contributed by atoms with Gasteiger partial charge in [-0.1, -0.05) is 13.0 Å². The minimum Gasteiger partial charge on any atom is -0.400 e. The number of hydrogen-bond acceptors (Lipinski definition) is 2. The van der Waals surface area contributed by atoms with Crippen molar-refractivity contribution >= 4 is 0 Å². The average Bonchev–Trinajstić information content (AvgIpc) is 2.17. The van der Waals surface area contributed by atoms with Crippen molar-refractivity contribution in [1.82, 2.24) is 0 Å². The second-order valence-electron chi connectivity index (χ2n) is 2.73. The van der Waals surface area contributed by atoms with E-state index in [4.69, 9.17) is 11.5 Å². The summed E-state index contributed by atoms with van der Waals surface area (Å²) >= 11 is 0. The molecule has 0 aliphatic heterocycles. The molecule has 1 aliphatic carbocycles. The SMILES string of the molecule is CCC1C=C(C)C(N)=C1N. The highest BCUT2D eigenvalue weighted by Gasteiger charge is 2.17. The van der Waals surface area contributed by atoms with Gasteiger partial charge in [0, 0.05) is 11.6 Å². The highest BCUT2D eigenvalue weighted by atomic mass is 14.7. The van der Waals surface area contributed by atoms with Gasteiger partial charge in [-0.25, -0.2) is 0 Å². The van der Waals surface area contributed by atoms with Crippen LogP contribution in [0, 0.1) is 5.92 Å². The first-order chi connectivity index (χ1) is 4.66. The second kappa shape index (κ2) is 2.37. The van der Waals surface area contributed by atoms with Crippen LogP contribution in [0.5, 0.6) is 0 Å². The lowest BCUT2D eigenvalue weighted by Crippen LogP contribution is -2.11. The smallest absolute Gasteiger partial charge is 0.0537 e. The fourth-order valence-corrected chi connectivity index (χ4v) is 1.25. The first kappa shape index (κ1) is 7.19. The minimum atomic E-state index is 0.389. The van der Waals surface area contributed by atoms with Gasteiger partial charge in [0.2, 0.25) is 0 Å². The molecule has 1 unspecified atom stereocenters. The third-order valence-corrected chi connectivity index (χ3v) is 2.03. The van der Waals surface area contributed by atoms with Crippen LogP contribution in [-0.2, 0) is 0 Å². The first-order valence-corrected chi connectivity index (χ1v) is 3.60. The third kappa shape index (κ3) is 0.897. The van der Waals surface area contributed by atoms with E-state index in [2.05, 4.69) is 13.0 Å². The molecule has 4 N–H and O–H groups in total. The van der Waals surface area contributed by atoms with E-state index in [-0.39, 0.29) is 0 Å². The van der Waals surface area contributed by atoms with Gasteiger partial charge in [0.15, 0.2) is 0 Å². The summed E-state index contributed by atoms with van der Waals surface area (Å²) in [6.07, 6.45) is 3.18. The molecule has 0 aromatic carbocycles. The van der Waals surface area contributed by atoms with Crippen LogP contribution in [0.1, 0.15) is 20.3 Å². The van der Waals surface area contributed by atoms with Crippen LogP contribution in [0.4, 0.5) is 0 Å². The van der Waals surface area contributed by atoms with Gasteiger partial charge in [-0.2, -0.15) is 0 Å². The molecule has 2 heteroatoms. The van der Waals surface area contributed by atoms with Crippen molar-refractivity contribution in [3.63, 3.8) is 0 Å². The van der Waals surface area contributed by atoms with Crippen LogP contribution in [0.3, 0.4) is 0 Å². The predicted molar refractivity (Wildman–Crippen MR) is 42.9 cm³/mol. The highest BCUT2D eigenvalue weighted by Crippen LogP contribution is 2.26. The zero-order chi connectivity index (χ0) is 7.72. The van der Waals surface area contributed by atoms with Gasteiger partial charge in [-0.05, 0) is 18.9 Å². The van der Waals surface area contributed by atoms with Crippen LogP contribution in [0.25, 0.3) is 0 Å². The maximum absolute atomic E-state index is 5.73. The van der Waals surface area contributed by atoms with E-state index in [9.17, 15) is 0 Å². The molecule has 0 saturated heterocycles. The Morgan fingerprint density at radius 3 is 2.30 bits per heavy atom. The molecule has 1 aliphatic rings. The van der Waals surface area contributed by atoms with Gasteiger partial charge >= 0.3 is 0 Å². The largest absolute Gasteiger partial charge is 0.400 e. The summed E-state index contributed by atoms with van der Waals surface area (Å²) in [7, 11) is 0.